The summed E-state index contributed by atoms with van der Waals surface area (Å²) in [6.07, 6.45) is 3.02. The van der Waals surface area contributed by atoms with Crippen molar-refractivity contribution in [3.05, 3.63) is 29.1 Å². The summed E-state index contributed by atoms with van der Waals surface area (Å²) in [6.45, 7) is 2.81. The van der Waals surface area contributed by atoms with Crippen LogP contribution in [0.15, 0.2) is 17.1 Å². The number of primary amides is 1. The molecule has 1 aromatic rings. The van der Waals surface area contributed by atoms with Crippen LogP contribution in [0.2, 0.25) is 0 Å². The van der Waals surface area contributed by atoms with Gasteiger partial charge in [0.15, 0.2) is 12.8 Å². The third-order valence-electron chi connectivity index (χ3n) is 4.95. The summed E-state index contributed by atoms with van der Waals surface area (Å²) in [5.41, 5.74) is 6.90. The van der Waals surface area contributed by atoms with E-state index in [1.54, 1.807) is 7.05 Å². The summed E-state index contributed by atoms with van der Waals surface area (Å²) in [6, 6.07) is 2.97. The van der Waals surface area contributed by atoms with E-state index in [1.165, 1.54) is 12.1 Å². The van der Waals surface area contributed by atoms with E-state index in [1.807, 2.05) is 0 Å². The molecule has 2 aliphatic rings. The molecule has 1 atom stereocenters. The van der Waals surface area contributed by atoms with Crippen LogP contribution in [0, 0.1) is 11.7 Å². The Labute approximate surface area is 181 Å². The number of rotatable bonds is 5. The number of carbonyl (C=O) groups excluding carboxylic acids is 1. The van der Waals surface area contributed by atoms with Crippen LogP contribution in [-0.4, -0.2) is 50.2 Å². The molecular formula is C19H28FIN4O3. The molecule has 0 aliphatic carbocycles. The Morgan fingerprint density at radius 3 is 3.04 bits per heavy atom. The monoisotopic (exact) mass is 506 g/mol. The molecule has 0 saturated carbocycles. The van der Waals surface area contributed by atoms with Crippen molar-refractivity contribution >= 4 is 35.8 Å². The molecule has 1 unspecified atom stereocenters. The number of ether oxygens (including phenoxy) is 2. The maximum atomic E-state index is 13.8. The van der Waals surface area contributed by atoms with Crippen LogP contribution in [-0.2, 0) is 22.6 Å². The Morgan fingerprint density at radius 2 is 2.29 bits per heavy atom. The fraction of sp³-hybridized carbons (Fsp3) is 0.579. The number of likely N-dealkylation sites (tertiary alicyclic amines) is 1. The minimum atomic E-state index is -0.285. The molecule has 1 aromatic carbocycles. The number of carbonyl (C=O) groups is 1. The first-order valence-corrected chi connectivity index (χ1v) is 9.32. The molecule has 2 heterocycles. The highest BCUT2D eigenvalue weighted by Gasteiger charge is 2.23. The fourth-order valence-electron chi connectivity index (χ4n) is 3.79. The van der Waals surface area contributed by atoms with Crippen molar-refractivity contribution in [2.45, 2.75) is 32.3 Å². The van der Waals surface area contributed by atoms with Gasteiger partial charge in [0.25, 0.3) is 0 Å². The number of guanidine groups is 1. The van der Waals surface area contributed by atoms with Crippen LogP contribution in [0.3, 0.4) is 0 Å². The van der Waals surface area contributed by atoms with E-state index in [0.29, 0.717) is 26.0 Å². The van der Waals surface area contributed by atoms with Gasteiger partial charge in [-0.1, -0.05) is 0 Å². The molecule has 0 bridgehead atoms. The standard InChI is InChI=1S/C19H27FN4O3.HI/c1-22-19(24-6-2-3-13(10-24)7-17(21)25)23-5-4-14-8-16(20)9-15-11-26-12-27-18(14)15;/h8-9,13H,2-7,10-12H2,1H3,(H2,21,25)(H,22,23);1H. The molecule has 1 fully saturated rings. The highest BCUT2D eigenvalue weighted by Crippen LogP contribution is 2.29. The minimum absolute atomic E-state index is 0. The van der Waals surface area contributed by atoms with Gasteiger partial charge in [-0.2, -0.15) is 0 Å². The van der Waals surface area contributed by atoms with E-state index in [0.717, 1.165) is 48.8 Å². The van der Waals surface area contributed by atoms with Gasteiger partial charge in [0, 0.05) is 38.7 Å². The van der Waals surface area contributed by atoms with Crippen LogP contribution in [0.5, 0.6) is 5.75 Å². The number of halogens is 2. The Hall–Kier alpha value is -1.62. The van der Waals surface area contributed by atoms with Crippen molar-refractivity contribution in [2.75, 3.05) is 33.5 Å². The van der Waals surface area contributed by atoms with Gasteiger partial charge >= 0.3 is 0 Å². The first kappa shape index (κ1) is 22.7. The van der Waals surface area contributed by atoms with Crippen molar-refractivity contribution in [2.24, 2.45) is 16.6 Å². The SMILES string of the molecule is CN=C(NCCc1cc(F)cc2c1OCOC2)N1CCCC(CC(N)=O)C1.I. The Bertz CT molecular complexity index is 717. The van der Waals surface area contributed by atoms with Gasteiger partial charge in [-0.25, -0.2) is 4.39 Å². The van der Waals surface area contributed by atoms with Crippen molar-refractivity contribution in [1.29, 1.82) is 0 Å². The number of hydrogen-bond acceptors (Lipinski definition) is 4. The molecular weight excluding hydrogens is 478 g/mol. The zero-order valence-electron chi connectivity index (χ0n) is 16.1. The van der Waals surface area contributed by atoms with E-state index in [2.05, 4.69) is 15.2 Å². The summed E-state index contributed by atoms with van der Waals surface area (Å²) in [5, 5.41) is 3.34. The van der Waals surface area contributed by atoms with Gasteiger partial charge in [0.2, 0.25) is 5.91 Å². The molecule has 1 amide bonds. The second-order valence-corrected chi connectivity index (χ2v) is 7.01. The van der Waals surface area contributed by atoms with Crippen LogP contribution in [0.25, 0.3) is 0 Å². The predicted molar refractivity (Wildman–Crippen MR) is 115 cm³/mol. The molecule has 28 heavy (non-hydrogen) atoms. The summed E-state index contributed by atoms with van der Waals surface area (Å²) in [4.78, 5) is 17.7. The van der Waals surface area contributed by atoms with Crippen molar-refractivity contribution in [1.82, 2.24) is 10.2 Å². The summed E-state index contributed by atoms with van der Waals surface area (Å²) < 4.78 is 24.6. The summed E-state index contributed by atoms with van der Waals surface area (Å²) in [7, 11) is 1.74. The van der Waals surface area contributed by atoms with Gasteiger partial charge in [-0.15, -0.1) is 24.0 Å². The zero-order chi connectivity index (χ0) is 19.2. The normalized spacial score (nSPS) is 19.3. The number of benzene rings is 1. The number of aliphatic imine (C=N–C) groups is 1. The molecule has 0 radical (unpaired) electrons. The van der Waals surface area contributed by atoms with E-state index in [9.17, 15) is 9.18 Å². The Morgan fingerprint density at radius 1 is 1.46 bits per heavy atom. The number of hydrogen-bond donors (Lipinski definition) is 2. The smallest absolute Gasteiger partial charge is 0.217 e. The molecule has 1 saturated heterocycles. The van der Waals surface area contributed by atoms with E-state index in [4.69, 9.17) is 15.2 Å². The Kier molecular flexibility index (Phi) is 8.74. The summed E-state index contributed by atoms with van der Waals surface area (Å²) in [5.74, 6) is 1.23. The highest BCUT2D eigenvalue weighted by atomic mass is 127. The van der Waals surface area contributed by atoms with Crippen LogP contribution in [0.1, 0.15) is 30.4 Å². The third-order valence-corrected chi connectivity index (χ3v) is 4.95. The fourth-order valence-corrected chi connectivity index (χ4v) is 3.79. The molecule has 0 spiro atoms. The van der Waals surface area contributed by atoms with E-state index < -0.39 is 0 Å². The number of amides is 1. The first-order valence-electron chi connectivity index (χ1n) is 9.32. The molecule has 2 aliphatic heterocycles. The van der Waals surface area contributed by atoms with Gasteiger partial charge in [-0.3, -0.25) is 9.79 Å². The maximum absolute atomic E-state index is 13.8. The maximum Gasteiger partial charge on any atom is 0.217 e. The van der Waals surface area contributed by atoms with Crippen LogP contribution >= 0.6 is 24.0 Å². The number of nitrogens with one attached hydrogen (secondary N) is 1. The largest absolute Gasteiger partial charge is 0.467 e. The van der Waals surface area contributed by atoms with Gasteiger partial charge < -0.3 is 25.4 Å². The summed E-state index contributed by atoms with van der Waals surface area (Å²) >= 11 is 0. The molecule has 3 rings (SSSR count). The van der Waals surface area contributed by atoms with Crippen LogP contribution in [0.4, 0.5) is 4.39 Å². The lowest BCUT2D eigenvalue weighted by atomic mass is 9.95. The van der Waals surface area contributed by atoms with E-state index in [-0.39, 0.29) is 48.4 Å². The highest BCUT2D eigenvalue weighted by molar-refractivity contribution is 14.0. The number of fused-ring (bicyclic) bond motifs is 1. The van der Waals surface area contributed by atoms with Crippen molar-refractivity contribution < 1.29 is 18.7 Å². The molecule has 7 nitrogen and oxygen atoms in total. The lowest BCUT2D eigenvalue weighted by molar-refractivity contribution is -0.119. The van der Waals surface area contributed by atoms with Gasteiger partial charge in [-0.05, 0) is 42.9 Å². The quantitative estimate of drug-likeness (QED) is 0.363. The average Bonchev–Trinajstić information content (AvgIpc) is 2.64. The molecule has 3 N–H and O–H groups in total. The van der Waals surface area contributed by atoms with E-state index >= 15 is 0 Å². The van der Waals surface area contributed by atoms with Crippen molar-refractivity contribution in [3.63, 3.8) is 0 Å². The van der Waals surface area contributed by atoms with Crippen LogP contribution < -0.4 is 15.8 Å². The number of nitrogens with two attached hydrogens (primary N) is 1. The number of piperidine rings is 1. The lowest BCUT2D eigenvalue weighted by Crippen LogP contribution is -2.47. The predicted octanol–water partition coefficient (Wildman–Crippen LogP) is 2.02. The number of nitrogens with zero attached hydrogens (tertiary/aromatic N) is 2. The molecule has 9 heteroatoms. The minimum Gasteiger partial charge on any atom is -0.467 e. The van der Waals surface area contributed by atoms with Gasteiger partial charge in [0.05, 0.1) is 6.61 Å². The second kappa shape index (κ2) is 10.8. The average molecular weight is 506 g/mol. The second-order valence-electron chi connectivity index (χ2n) is 7.01. The first-order chi connectivity index (χ1) is 13.1. The van der Waals surface area contributed by atoms with Gasteiger partial charge in [0.1, 0.15) is 11.6 Å². The molecule has 0 aromatic heterocycles. The topological polar surface area (TPSA) is 89.2 Å². The Balaban J connectivity index is 0.00000280. The molecule has 156 valence electrons. The zero-order valence-corrected chi connectivity index (χ0v) is 18.4. The third kappa shape index (κ3) is 5.94. The lowest BCUT2D eigenvalue weighted by Gasteiger charge is -2.34. The van der Waals surface area contributed by atoms with Crippen molar-refractivity contribution in [3.8, 4) is 5.75 Å².